The topological polar surface area (TPSA) is 65.1 Å². The monoisotopic (exact) mass is 525 g/mol. The fourth-order valence-electron chi connectivity index (χ4n) is 2.83. The lowest BCUT2D eigenvalue weighted by atomic mass is 10.2. The molecule has 0 radical (unpaired) electrons. The lowest BCUT2D eigenvalue weighted by molar-refractivity contribution is -0.123. The summed E-state index contributed by atoms with van der Waals surface area (Å²) in [5.74, 6) is 1.59. The normalized spacial score (nSPS) is 15.2. The summed E-state index contributed by atoms with van der Waals surface area (Å²) in [6.07, 6.45) is 1.69. The molecular formula is C21H20INO5S. The van der Waals surface area contributed by atoms with Gasteiger partial charge in [0.2, 0.25) is 0 Å². The number of methoxy groups -OCH3 is 2. The van der Waals surface area contributed by atoms with Gasteiger partial charge in [-0.05, 0) is 82.7 Å². The van der Waals surface area contributed by atoms with E-state index in [0.29, 0.717) is 22.2 Å². The first-order chi connectivity index (χ1) is 13.9. The maximum atomic E-state index is 12.7. The van der Waals surface area contributed by atoms with E-state index in [1.165, 1.54) is 4.90 Å². The predicted octanol–water partition coefficient (Wildman–Crippen LogP) is 4.73. The first-order valence-electron chi connectivity index (χ1n) is 8.79. The quantitative estimate of drug-likeness (QED) is 0.385. The van der Waals surface area contributed by atoms with Crippen LogP contribution in [0.15, 0.2) is 41.3 Å². The van der Waals surface area contributed by atoms with Crippen molar-refractivity contribution in [3.8, 4) is 17.2 Å². The highest BCUT2D eigenvalue weighted by molar-refractivity contribution is 14.1. The standard InChI is InChI=1S/C21H20INO5S/c1-13-5-4-6-15(9-13)28-8-7-23-20(24)18(29-21(23)25)12-14-10-16(22)19(27-3)17(11-14)26-2/h4-6,9-12H,7-8H2,1-3H3/b18-12-. The summed E-state index contributed by atoms with van der Waals surface area (Å²) in [5.41, 5.74) is 1.84. The van der Waals surface area contributed by atoms with Crippen molar-refractivity contribution >= 4 is 51.6 Å². The highest BCUT2D eigenvalue weighted by Gasteiger charge is 2.34. The molecule has 0 bridgehead atoms. The Morgan fingerprint density at radius 3 is 2.62 bits per heavy atom. The summed E-state index contributed by atoms with van der Waals surface area (Å²) in [6, 6.07) is 11.3. The van der Waals surface area contributed by atoms with Gasteiger partial charge in [0.15, 0.2) is 11.5 Å². The van der Waals surface area contributed by atoms with E-state index in [1.54, 1.807) is 26.4 Å². The first-order valence-corrected chi connectivity index (χ1v) is 10.7. The average molecular weight is 525 g/mol. The maximum absolute atomic E-state index is 12.7. The van der Waals surface area contributed by atoms with Crippen LogP contribution in [-0.4, -0.2) is 43.4 Å². The van der Waals surface area contributed by atoms with E-state index in [1.807, 2.05) is 37.3 Å². The van der Waals surface area contributed by atoms with Gasteiger partial charge in [0.05, 0.1) is 29.2 Å². The molecule has 152 valence electrons. The van der Waals surface area contributed by atoms with Crippen LogP contribution >= 0.6 is 34.4 Å². The molecule has 1 heterocycles. The minimum Gasteiger partial charge on any atom is -0.493 e. The van der Waals surface area contributed by atoms with Crippen LogP contribution in [-0.2, 0) is 4.79 Å². The molecule has 0 unspecified atom stereocenters. The number of hydrogen-bond acceptors (Lipinski definition) is 6. The zero-order valence-corrected chi connectivity index (χ0v) is 19.2. The van der Waals surface area contributed by atoms with E-state index >= 15 is 0 Å². The molecule has 6 nitrogen and oxygen atoms in total. The molecule has 0 saturated carbocycles. The van der Waals surface area contributed by atoms with Gasteiger partial charge >= 0.3 is 0 Å². The van der Waals surface area contributed by atoms with Crippen molar-refractivity contribution < 1.29 is 23.8 Å². The van der Waals surface area contributed by atoms with Gasteiger partial charge in [-0.3, -0.25) is 14.5 Å². The van der Waals surface area contributed by atoms with E-state index in [-0.39, 0.29) is 24.3 Å². The van der Waals surface area contributed by atoms with Crippen LogP contribution in [0, 0.1) is 10.5 Å². The molecule has 2 amide bonds. The number of amides is 2. The molecule has 1 aliphatic heterocycles. The van der Waals surface area contributed by atoms with Crippen molar-refractivity contribution in [2.45, 2.75) is 6.92 Å². The molecule has 0 aromatic heterocycles. The molecular weight excluding hydrogens is 505 g/mol. The van der Waals surface area contributed by atoms with Crippen LogP contribution in [0.4, 0.5) is 4.79 Å². The smallest absolute Gasteiger partial charge is 0.293 e. The Morgan fingerprint density at radius 1 is 1.14 bits per heavy atom. The summed E-state index contributed by atoms with van der Waals surface area (Å²) >= 11 is 3.06. The summed E-state index contributed by atoms with van der Waals surface area (Å²) in [7, 11) is 3.13. The number of carbonyl (C=O) groups excluding carboxylic acids is 2. The minimum absolute atomic E-state index is 0.194. The van der Waals surface area contributed by atoms with Crippen molar-refractivity contribution in [2.24, 2.45) is 0 Å². The molecule has 8 heteroatoms. The zero-order chi connectivity index (χ0) is 21.0. The summed E-state index contributed by atoms with van der Waals surface area (Å²) < 4.78 is 17.2. The van der Waals surface area contributed by atoms with Gasteiger partial charge in [-0.15, -0.1) is 0 Å². The summed E-state index contributed by atoms with van der Waals surface area (Å²) in [6.45, 7) is 2.41. The molecule has 0 atom stereocenters. The number of carbonyl (C=O) groups is 2. The Hall–Kier alpha value is -2.20. The average Bonchev–Trinajstić information content (AvgIpc) is 2.95. The van der Waals surface area contributed by atoms with Crippen molar-refractivity contribution in [1.29, 1.82) is 0 Å². The molecule has 1 saturated heterocycles. The van der Waals surface area contributed by atoms with Crippen LogP contribution in [0.1, 0.15) is 11.1 Å². The summed E-state index contributed by atoms with van der Waals surface area (Å²) in [5, 5.41) is -0.302. The molecule has 0 N–H and O–H groups in total. The van der Waals surface area contributed by atoms with Gasteiger partial charge in [0, 0.05) is 0 Å². The highest BCUT2D eigenvalue weighted by atomic mass is 127. The maximum Gasteiger partial charge on any atom is 0.293 e. The first kappa shape index (κ1) is 21.5. The number of nitrogens with zero attached hydrogens (tertiary/aromatic N) is 1. The number of aryl methyl sites for hydroxylation is 1. The van der Waals surface area contributed by atoms with Gasteiger partial charge < -0.3 is 14.2 Å². The van der Waals surface area contributed by atoms with Crippen molar-refractivity contribution in [3.63, 3.8) is 0 Å². The predicted molar refractivity (Wildman–Crippen MR) is 122 cm³/mol. The Labute approximate surface area is 187 Å². The van der Waals surface area contributed by atoms with Gasteiger partial charge in [0.25, 0.3) is 11.1 Å². The number of benzene rings is 2. The van der Waals surface area contributed by atoms with E-state index in [4.69, 9.17) is 14.2 Å². The molecule has 1 aliphatic rings. The van der Waals surface area contributed by atoms with Crippen molar-refractivity contribution in [1.82, 2.24) is 4.90 Å². The second kappa shape index (κ2) is 9.53. The number of ether oxygens (including phenoxy) is 3. The number of rotatable bonds is 7. The third-order valence-corrected chi connectivity index (χ3v) is 5.91. The second-order valence-electron chi connectivity index (χ2n) is 6.24. The zero-order valence-electron chi connectivity index (χ0n) is 16.2. The van der Waals surface area contributed by atoms with E-state index in [0.717, 1.165) is 26.5 Å². The lowest BCUT2D eigenvalue weighted by Gasteiger charge is -2.13. The molecule has 3 rings (SSSR count). The van der Waals surface area contributed by atoms with Crippen LogP contribution < -0.4 is 14.2 Å². The number of imide groups is 1. The van der Waals surface area contributed by atoms with Gasteiger partial charge in [0.1, 0.15) is 12.4 Å². The molecule has 29 heavy (non-hydrogen) atoms. The number of hydrogen-bond donors (Lipinski definition) is 0. The van der Waals surface area contributed by atoms with Crippen LogP contribution in [0.5, 0.6) is 17.2 Å². The highest BCUT2D eigenvalue weighted by Crippen LogP contribution is 2.37. The van der Waals surface area contributed by atoms with Gasteiger partial charge in [-0.2, -0.15) is 0 Å². The fourth-order valence-corrected chi connectivity index (χ4v) is 4.54. The van der Waals surface area contributed by atoms with Gasteiger partial charge in [-0.1, -0.05) is 12.1 Å². The third-order valence-electron chi connectivity index (χ3n) is 4.20. The minimum atomic E-state index is -0.322. The molecule has 0 aliphatic carbocycles. The van der Waals surface area contributed by atoms with E-state index in [9.17, 15) is 9.59 Å². The van der Waals surface area contributed by atoms with E-state index in [2.05, 4.69) is 22.6 Å². The molecule has 0 spiro atoms. The summed E-state index contributed by atoms with van der Waals surface area (Å²) in [4.78, 5) is 26.6. The van der Waals surface area contributed by atoms with Crippen molar-refractivity contribution in [2.75, 3.05) is 27.4 Å². The van der Waals surface area contributed by atoms with E-state index < -0.39 is 0 Å². The van der Waals surface area contributed by atoms with Gasteiger partial charge in [-0.25, -0.2) is 0 Å². The third kappa shape index (κ3) is 5.05. The largest absolute Gasteiger partial charge is 0.493 e. The van der Waals surface area contributed by atoms with Crippen LogP contribution in [0.25, 0.3) is 6.08 Å². The Kier molecular flexibility index (Phi) is 7.07. The second-order valence-corrected chi connectivity index (χ2v) is 8.39. The fraction of sp³-hybridized carbons (Fsp3) is 0.238. The molecule has 2 aromatic rings. The van der Waals surface area contributed by atoms with Crippen LogP contribution in [0.2, 0.25) is 0 Å². The number of halogens is 1. The number of thioether (sulfide) groups is 1. The molecule has 1 fully saturated rings. The Bertz CT molecular complexity index is 976. The SMILES string of the molecule is COc1cc(/C=C2\SC(=O)N(CCOc3cccc(C)c3)C2=O)cc(I)c1OC. The molecule has 2 aromatic carbocycles. The Balaban J connectivity index is 1.70. The Morgan fingerprint density at radius 2 is 1.93 bits per heavy atom. The van der Waals surface area contributed by atoms with Crippen LogP contribution in [0.3, 0.4) is 0 Å². The lowest BCUT2D eigenvalue weighted by Crippen LogP contribution is -2.32. The van der Waals surface area contributed by atoms with Crippen molar-refractivity contribution in [3.05, 3.63) is 56.0 Å².